The van der Waals surface area contributed by atoms with Crippen molar-refractivity contribution in [1.29, 1.82) is 0 Å². The minimum atomic E-state index is -0.930. The van der Waals surface area contributed by atoms with Crippen LogP contribution in [0.2, 0.25) is 0 Å². The molecule has 0 aromatic heterocycles. The molecular formula is C13H23NO4. The van der Waals surface area contributed by atoms with Gasteiger partial charge in [-0.15, -0.1) is 0 Å². The van der Waals surface area contributed by atoms with Crippen molar-refractivity contribution in [2.45, 2.75) is 46.1 Å². The Morgan fingerprint density at radius 3 is 2.28 bits per heavy atom. The van der Waals surface area contributed by atoms with E-state index in [2.05, 4.69) is 5.32 Å². The van der Waals surface area contributed by atoms with Gasteiger partial charge >= 0.3 is 5.97 Å². The highest BCUT2D eigenvalue weighted by atomic mass is 16.4. The molecule has 0 aromatic carbocycles. The monoisotopic (exact) mass is 257 g/mol. The highest BCUT2D eigenvalue weighted by Crippen LogP contribution is 2.58. The summed E-state index contributed by atoms with van der Waals surface area (Å²) in [6, 6.07) is 0. The first-order valence-corrected chi connectivity index (χ1v) is 6.36. The van der Waals surface area contributed by atoms with Crippen LogP contribution in [0.4, 0.5) is 0 Å². The molecule has 1 aliphatic rings. The molecule has 0 aromatic rings. The van der Waals surface area contributed by atoms with Crippen LogP contribution in [0.1, 0.15) is 40.5 Å². The number of rotatable bonds is 6. The minimum Gasteiger partial charge on any atom is -0.481 e. The molecule has 1 aliphatic carbocycles. The Kier molecular flexibility index (Phi) is 4.05. The van der Waals surface area contributed by atoms with Gasteiger partial charge in [0.2, 0.25) is 5.91 Å². The molecule has 5 nitrogen and oxygen atoms in total. The summed E-state index contributed by atoms with van der Waals surface area (Å²) < 4.78 is 0. The number of hydrogen-bond donors (Lipinski definition) is 3. The maximum atomic E-state index is 11.9. The molecule has 3 unspecified atom stereocenters. The lowest BCUT2D eigenvalue weighted by Gasteiger charge is -2.23. The number of carbonyl (C=O) groups excluding carboxylic acids is 1. The molecule has 0 aliphatic heterocycles. The van der Waals surface area contributed by atoms with Crippen molar-refractivity contribution in [2.75, 3.05) is 6.54 Å². The van der Waals surface area contributed by atoms with Crippen LogP contribution in [0, 0.1) is 17.3 Å². The summed E-state index contributed by atoms with van der Waals surface area (Å²) in [5, 5.41) is 21.6. The van der Waals surface area contributed by atoms with E-state index in [1.165, 1.54) is 0 Å². The molecule has 1 fully saturated rings. The predicted octanol–water partition coefficient (Wildman–Crippen LogP) is 1.01. The number of aliphatic hydroxyl groups is 1. The van der Waals surface area contributed by atoms with Gasteiger partial charge in [0.05, 0.1) is 17.4 Å². The second-order valence-corrected chi connectivity index (χ2v) is 6.08. The second-order valence-electron chi connectivity index (χ2n) is 6.08. The van der Waals surface area contributed by atoms with Gasteiger partial charge in [-0.05, 0) is 18.8 Å². The number of hydrogen-bond acceptors (Lipinski definition) is 3. The fourth-order valence-corrected chi connectivity index (χ4v) is 2.60. The first-order chi connectivity index (χ1) is 8.13. The van der Waals surface area contributed by atoms with Crippen molar-refractivity contribution in [3.63, 3.8) is 0 Å². The number of amides is 1. The van der Waals surface area contributed by atoms with Crippen LogP contribution in [0.15, 0.2) is 0 Å². The van der Waals surface area contributed by atoms with E-state index in [0.717, 1.165) is 6.42 Å². The molecule has 1 rings (SSSR count). The van der Waals surface area contributed by atoms with Gasteiger partial charge in [-0.3, -0.25) is 9.59 Å². The SMILES string of the molecule is CCCC(C)(O)CNC(=O)C1C(C(=O)O)C1(C)C. The van der Waals surface area contributed by atoms with E-state index in [-0.39, 0.29) is 12.5 Å². The molecule has 104 valence electrons. The van der Waals surface area contributed by atoms with Crippen molar-refractivity contribution in [1.82, 2.24) is 5.32 Å². The summed E-state index contributed by atoms with van der Waals surface area (Å²) >= 11 is 0. The average Bonchev–Trinajstić information content (AvgIpc) is 2.78. The number of carboxylic acids is 1. The van der Waals surface area contributed by atoms with Crippen LogP contribution in [0.3, 0.4) is 0 Å². The zero-order valence-corrected chi connectivity index (χ0v) is 11.5. The van der Waals surface area contributed by atoms with Gasteiger partial charge in [0.1, 0.15) is 0 Å². The van der Waals surface area contributed by atoms with Gasteiger partial charge in [0.25, 0.3) is 0 Å². The molecule has 0 spiro atoms. The maximum Gasteiger partial charge on any atom is 0.307 e. The molecule has 0 saturated heterocycles. The van der Waals surface area contributed by atoms with Gasteiger partial charge in [-0.25, -0.2) is 0 Å². The van der Waals surface area contributed by atoms with E-state index in [0.29, 0.717) is 6.42 Å². The van der Waals surface area contributed by atoms with Gasteiger partial charge in [0.15, 0.2) is 0 Å². The Balaban J connectivity index is 2.51. The summed E-state index contributed by atoms with van der Waals surface area (Å²) in [6.07, 6.45) is 1.43. The molecule has 0 bridgehead atoms. The molecule has 0 heterocycles. The van der Waals surface area contributed by atoms with E-state index in [1.807, 2.05) is 6.92 Å². The van der Waals surface area contributed by atoms with Crippen LogP contribution in [-0.2, 0) is 9.59 Å². The van der Waals surface area contributed by atoms with E-state index >= 15 is 0 Å². The van der Waals surface area contributed by atoms with Crippen molar-refractivity contribution in [3.8, 4) is 0 Å². The zero-order valence-electron chi connectivity index (χ0n) is 11.5. The fraction of sp³-hybridized carbons (Fsp3) is 0.846. The van der Waals surface area contributed by atoms with E-state index in [1.54, 1.807) is 20.8 Å². The summed E-state index contributed by atoms with van der Waals surface area (Å²) in [4.78, 5) is 22.9. The number of aliphatic carboxylic acids is 1. The largest absolute Gasteiger partial charge is 0.481 e. The van der Waals surface area contributed by atoms with Gasteiger partial charge in [0, 0.05) is 6.54 Å². The maximum absolute atomic E-state index is 11.9. The Labute approximate surface area is 108 Å². The zero-order chi connectivity index (χ0) is 14.1. The second kappa shape index (κ2) is 4.88. The Morgan fingerprint density at radius 2 is 1.89 bits per heavy atom. The molecular weight excluding hydrogens is 234 g/mol. The number of nitrogens with one attached hydrogen (secondary N) is 1. The lowest BCUT2D eigenvalue weighted by atomic mass is 10.0. The van der Waals surface area contributed by atoms with Crippen LogP contribution in [0.25, 0.3) is 0 Å². The van der Waals surface area contributed by atoms with Crippen LogP contribution < -0.4 is 5.32 Å². The van der Waals surface area contributed by atoms with Gasteiger partial charge < -0.3 is 15.5 Å². The smallest absolute Gasteiger partial charge is 0.307 e. The summed E-state index contributed by atoms with van der Waals surface area (Å²) in [6.45, 7) is 7.35. The molecule has 1 amide bonds. The molecule has 1 saturated carbocycles. The van der Waals surface area contributed by atoms with Crippen LogP contribution in [-0.4, -0.2) is 34.2 Å². The number of carbonyl (C=O) groups is 2. The van der Waals surface area contributed by atoms with Gasteiger partial charge in [-0.1, -0.05) is 27.2 Å². The van der Waals surface area contributed by atoms with Crippen molar-refractivity contribution >= 4 is 11.9 Å². The molecule has 3 atom stereocenters. The number of carboxylic acid groups (broad SMARTS) is 1. The average molecular weight is 257 g/mol. The van der Waals surface area contributed by atoms with Crippen LogP contribution in [0.5, 0.6) is 0 Å². The summed E-state index contributed by atoms with van der Waals surface area (Å²) in [5.74, 6) is -2.31. The minimum absolute atomic E-state index is 0.165. The van der Waals surface area contributed by atoms with Crippen LogP contribution >= 0.6 is 0 Å². The van der Waals surface area contributed by atoms with Crippen molar-refractivity contribution in [3.05, 3.63) is 0 Å². The van der Waals surface area contributed by atoms with E-state index in [4.69, 9.17) is 5.11 Å². The van der Waals surface area contributed by atoms with Crippen molar-refractivity contribution in [2.24, 2.45) is 17.3 Å². The highest BCUT2D eigenvalue weighted by molar-refractivity contribution is 5.91. The lowest BCUT2D eigenvalue weighted by Crippen LogP contribution is -2.41. The molecule has 0 radical (unpaired) electrons. The topological polar surface area (TPSA) is 86.6 Å². The Bertz CT molecular complexity index is 349. The van der Waals surface area contributed by atoms with Crippen molar-refractivity contribution < 1.29 is 19.8 Å². The summed E-state index contributed by atoms with van der Waals surface area (Å²) in [7, 11) is 0. The van der Waals surface area contributed by atoms with E-state index in [9.17, 15) is 14.7 Å². The first kappa shape index (κ1) is 15.0. The predicted molar refractivity (Wildman–Crippen MR) is 66.9 cm³/mol. The molecule has 5 heteroatoms. The highest BCUT2D eigenvalue weighted by Gasteiger charge is 2.65. The Hall–Kier alpha value is -1.10. The fourth-order valence-electron chi connectivity index (χ4n) is 2.60. The van der Waals surface area contributed by atoms with E-state index < -0.39 is 28.8 Å². The third-order valence-corrected chi connectivity index (χ3v) is 3.81. The first-order valence-electron chi connectivity index (χ1n) is 6.36. The molecule has 3 N–H and O–H groups in total. The molecule has 18 heavy (non-hydrogen) atoms. The Morgan fingerprint density at radius 1 is 1.33 bits per heavy atom. The quantitative estimate of drug-likeness (QED) is 0.663. The standard InChI is InChI=1S/C13H23NO4/c1-5-6-13(4,18)7-14-10(15)8-9(11(16)17)12(8,2)3/h8-9,18H,5-7H2,1-4H3,(H,14,15)(H,16,17). The van der Waals surface area contributed by atoms with Gasteiger partial charge in [-0.2, -0.15) is 0 Å². The lowest BCUT2D eigenvalue weighted by molar-refractivity contribution is -0.140. The summed E-state index contributed by atoms with van der Waals surface area (Å²) in [5.41, 5.74) is -1.42. The normalized spacial score (nSPS) is 28.3. The third kappa shape index (κ3) is 3.02. The third-order valence-electron chi connectivity index (χ3n) is 3.81.